The molecule has 0 amide bonds. The Labute approximate surface area is 125 Å². The van der Waals surface area contributed by atoms with Crippen molar-refractivity contribution in [1.29, 1.82) is 0 Å². The van der Waals surface area contributed by atoms with Crippen molar-refractivity contribution in [3.05, 3.63) is 17.0 Å². The van der Waals surface area contributed by atoms with E-state index in [1.54, 1.807) is 6.07 Å². The van der Waals surface area contributed by atoms with Crippen molar-refractivity contribution < 1.29 is 4.74 Å². The van der Waals surface area contributed by atoms with Gasteiger partial charge in [-0.1, -0.05) is 11.6 Å². The molecule has 112 valence electrons. The first kappa shape index (κ1) is 15.5. The molecule has 1 saturated heterocycles. The van der Waals surface area contributed by atoms with Gasteiger partial charge in [-0.15, -0.1) is 0 Å². The predicted octanol–water partition coefficient (Wildman–Crippen LogP) is 2.56. The monoisotopic (exact) mass is 298 g/mol. The van der Waals surface area contributed by atoms with E-state index in [1.165, 1.54) is 25.9 Å². The van der Waals surface area contributed by atoms with E-state index in [1.807, 2.05) is 6.92 Å². The highest BCUT2D eigenvalue weighted by molar-refractivity contribution is 6.29. The van der Waals surface area contributed by atoms with Gasteiger partial charge in [-0.3, -0.25) is 0 Å². The molecule has 20 heavy (non-hydrogen) atoms. The molecule has 0 bridgehead atoms. The van der Waals surface area contributed by atoms with Gasteiger partial charge in [-0.05, 0) is 45.8 Å². The highest BCUT2D eigenvalue weighted by atomic mass is 35.5. The molecule has 1 aromatic heterocycles. The molecule has 0 unspecified atom stereocenters. The van der Waals surface area contributed by atoms with Crippen LogP contribution in [-0.4, -0.2) is 47.7 Å². The third kappa shape index (κ3) is 5.23. The smallest absolute Gasteiger partial charge is 0.158 e. The Morgan fingerprint density at radius 3 is 2.90 bits per heavy atom. The SMILES string of the molecule is CCOCc1nc(Cl)cc(NCCCN2CCCC2)n1. The molecule has 1 aliphatic rings. The number of halogens is 1. The maximum absolute atomic E-state index is 5.99. The van der Waals surface area contributed by atoms with Gasteiger partial charge >= 0.3 is 0 Å². The highest BCUT2D eigenvalue weighted by Crippen LogP contribution is 2.12. The van der Waals surface area contributed by atoms with Gasteiger partial charge in [0.15, 0.2) is 5.82 Å². The van der Waals surface area contributed by atoms with Gasteiger partial charge in [-0.2, -0.15) is 0 Å². The zero-order valence-corrected chi connectivity index (χ0v) is 12.8. The lowest BCUT2D eigenvalue weighted by atomic mass is 10.4. The molecule has 1 aliphatic heterocycles. The number of nitrogens with one attached hydrogen (secondary N) is 1. The second-order valence-corrected chi connectivity index (χ2v) is 5.35. The van der Waals surface area contributed by atoms with Crippen molar-refractivity contribution >= 4 is 17.4 Å². The van der Waals surface area contributed by atoms with Crippen LogP contribution in [0.15, 0.2) is 6.07 Å². The van der Waals surface area contributed by atoms with Crippen molar-refractivity contribution in [2.45, 2.75) is 32.8 Å². The van der Waals surface area contributed by atoms with E-state index in [0.29, 0.717) is 24.2 Å². The first-order valence-corrected chi connectivity index (χ1v) is 7.73. The van der Waals surface area contributed by atoms with E-state index in [-0.39, 0.29) is 0 Å². The molecule has 2 rings (SSSR count). The lowest BCUT2D eigenvalue weighted by Gasteiger charge is -2.14. The van der Waals surface area contributed by atoms with Crippen LogP contribution in [0.5, 0.6) is 0 Å². The Kier molecular flexibility index (Phi) is 6.50. The van der Waals surface area contributed by atoms with Crippen LogP contribution < -0.4 is 5.32 Å². The van der Waals surface area contributed by atoms with E-state index in [2.05, 4.69) is 20.2 Å². The number of hydrogen-bond donors (Lipinski definition) is 1. The van der Waals surface area contributed by atoms with E-state index in [9.17, 15) is 0 Å². The number of nitrogens with zero attached hydrogens (tertiary/aromatic N) is 3. The second kappa shape index (κ2) is 8.39. The minimum absolute atomic E-state index is 0.402. The summed E-state index contributed by atoms with van der Waals surface area (Å²) < 4.78 is 5.30. The maximum atomic E-state index is 5.99. The first-order valence-electron chi connectivity index (χ1n) is 7.35. The van der Waals surface area contributed by atoms with Crippen LogP contribution >= 0.6 is 11.6 Å². The van der Waals surface area contributed by atoms with Crippen LogP contribution in [0.4, 0.5) is 5.82 Å². The molecule has 0 spiro atoms. The quantitative estimate of drug-likeness (QED) is 0.590. The average Bonchev–Trinajstić information content (AvgIpc) is 2.94. The molecule has 0 aliphatic carbocycles. The van der Waals surface area contributed by atoms with Crippen LogP contribution in [0.1, 0.15) is 32.0 Å². The van der Waals surface area contributed by atoms with Crippen molar-refractivity contribution in [1.82, 2.24) is 14.9 Å². The van der Waals surface area contributed by atoms with Crippen LogP contribution in [-0.2, 0) is 11.3 Å². The van der Waals surface area contributed by atoms with Crippen molar-refractivity contribution in [2.75, 3.05) is 38.1 Å². The van der Waals surface area contributed by atoms with Gasteiger partial charge in [0.2, 0.25) is 0 Å². The summed E-state index contributed by atoms with van der Waals surface area (Å²) >= 11 is 5.99. The Morgan fingerprint density at radius 2 is 2.15 bits per heavy atom. The lowest BCUT2D eigenvalue weighted by molar-refractivity contribution is 0.128. The van der Waals surface area contributed by atoms with Gasteiger partial charge in [-0.25, -0.2) is 9.97 Å². The number of anilines is 1. The molecule has 1 fully saturated rings. The lowest BCUT2D eigenvalue weighted by Crippen LogP contribution is -2.22. The van der Waals surface area contributed by atoms with E-state index >= 15 is 0 Å². The molecule has 1 aromatic rings. The molecule has 0 atom stereocenters. The Balaban J connectivity index is 1.74. The predicted molar refractivity (Wildman–Crippen MR) is 81.2 cm³/mol. The summed E-state index contributed by atoms with van der Waals surface area (Å²) in [6, 6.07) is 1.76. The molecule has 6 heteroatoms. The standard InChI is InChI=1S/C14H23ClN4O/c1-2-20-11-14-17-12(15)10-13(18-14)16-6-5-9-19-7-3-4-8-19/h10H,2-9,11H2,1H3,(H,16,17,18). The maximum Gasteiger partial charge on any atom is 0.158 e. The van der Waals surface area contributed by atoms with Gasteiger partial charge in [0.25, 0.3) is 0 Å². The molecular weight excluding hydrogens is 276 g/mol. The minimum atomic E-state index is 0.402. The van der Waals surface area contributed by atoms with E-state index in [4.69, 9.17) is 16.3 Å². The van der Waals surface area contributed by atoms with Crippen LogP contribution in [0.25, 0.3) is 0 Å². The van der Waals surface area contributed by atoms with Crippen molar-refractivity contribution in [3.8, 4) is 0 Å². The average molecular weight is 299 g/mol. The van der Waals surface area contributed by atoms with Crippen LogP contribution in [0.3, 0.4) is 0 Å². The summed E-state index contributed by atoms with van der Waals surface area (Å²) in [4.78, 5) is 11.0. The second-order valence-electron chi connectivity index (χ2n) is 4.96. The third-order valence-electron chi connectivity index (χ3n) is 3.33. The number of ether oxygens (including phenoxy) is 1. The fourth-order valence-electron chi connectivity index (χ4n) is 2.34. The van der Waals surface area contributed by atoms with Gasteiger partial charge in [0.1, 0.15) is 17.6 Å². The fraction of sp³-hybridized carbons (Fsp3) is 0.714. The van der Waals surface area contributed by atoms with Crippen LogP contribution in [0.2, 0.25) is 5.15 Å². The van der Waals surface area contributed by atoms with Crippen LogP contribution in [0, 0.1) is 0 Å². The summed E-state index contributed by atoms with van der Waals surface area (Å²) in [5.41, 5.74) is 0. The largest absolute Gasteiger partial charge is 0.374 e. The zero-order chi connectivity index (χ0) is 14.2. The van der Waals surface area contributed by atoms with E-state index in [0.717, 1.165) is 25.3 Å². The molecule has 5 nitrogen and oxygen atoms in total. The summed E-state index contributed by atoms with van der Waals surface area (Å²) in [6.07, 6.45) is 3.80. The minimum Gasteiger partial charge on any atom is -0.374 e. The molecular formula is C14H23ClN4O. The molecule has 2 heterocycles. The van der Waals surface area contributed by atoms with Gasteiger partial charge in [0.05, 0.1) is 0 Å². The summed E-state index contributed by atoms with van der Waals surface area (Å²) in [7, 11) is 0. The summed E-state index contributed by atoms with van der Waals surface area (Å²) in [5.74, 6) is 1.41. The molecule has 0 radical (unpaired) electrons. The molecule has 1 N–H and O–H groups in total. The number of rotatable bonds is 8. The molecule has 0 saturated carbocycles. The zero-order valence-electron chi connectivity index (χ0n) is 12.1. The topological polar surface area (TPSA) is 50.3 Å². The van der Waals surface area contributed by atoms with Crippen molar-refractivity contribution in [3.63, 3.8) is 0 Å². The van der Waals surface area contributed by atoms with Gasteiger partial charge < -0.3 is 15.0 Å². The summed E-state index contributed by atoms with van der Waals surface area (Å²) in [6.45, 7) is 7.54. The normalized spacial score (nSPS) is 15.7. The number of likely N-dealkylation sites (tertiary alicyclic amines) is 1. The Hall–Kier alpha value is -0.910. The highest BCUT2D eigenvalue weighted by Gasteiger charge is 2.10. The van der Waals surface area contributed by atoms with Gasteiger partial charge in [0, 0.05) is 19.2 Å². The number of aromatic nitrogens is 2. The Morgan fingerprint density at radius 1 is 1.35 bits per heavy atom. The number of hydrogen-bond acceptors (Lipinski definition) is 5. The summed E-state index contributed by atoms with van der Waals surface area (Å²) in [5, 5.41) is 3.76. The first-order chi connectivity index (χ1) is 9.78. The fourth-order valence-corrected chi connectivity index (χ4v) is 2.54. The molecule has 0 aromatic carbocycles. The van der Waals surface area contributed by atoms with E-state index < -0.39 is 0 Å². The third-order valence-corrected chi connectivity index (χ3v) is 3.53. The van der Waals surface area contributed by atoms with Crippen molar-refractivity contribution in [2.24, 2.45) is 0 Å². The Bertz CT molecular complexity index is 410.